The van der Waals surface area contributed by atoms with Gasteiger partial charge in [-0.3, -0.25) is 4.79 Å². The summed E-state index contributed by atoms with van der Waals surface area (Å²) in [4.78, 5) is 19.3. The fraction of sp³-hybridized carbons (Fsp3) is 0.200. The second-order valence-corrected chi connectivity index (χ2v) is 7.01. The van der Waals surface area contributed by atoms with Crippen LogP contribution in [-0.4, -0.2) is 24.0 Å². The molecule has 1 heterocycles. The fourth-order valence-electron chi connectivity index (χ4n) is 2.63. The van der Waals surface area contributed by atoms with E-state index in [1.807, 2.05) is 29.6 Å². The van der Waals surface area contributed by atoms with Gasteiger partial charge in [-0.15, -0.1) is 11.3 Å². The van der Waals surface area contributed by atoms with Gasteiger partial charge < -0.3 is 10.2 Å². The lowest BCUT2D eigenvalue weighted by atomic mass is 10.1. The maximum absolute atomic E-state index is 12.4. The molecule has 0 unspecified atom stereocenters. The second-order valence-electron chi connectivity index (χ2n) is 5.73. The van der Waals surface area contributed by atoms with E-state index < -0.39 is 0 Å². The number of nitrogens with one attached hydrogen (secondary N) is 1. The molecule has 134 valence electrons. The number of rotatable bonds is 6. The lowest BCUT2D eigenvalue weighted by molar-refractivity contribution is 0.102. The molecular weight excluding hydrogens is 366 g/mol. The Hall–Kier alpha value is -2.37. The first-order chi connectivity index (χ1) is 12.6. The van der Waals surface area contributed by atoms with E-state index in [0.717, 1.165) is 35.2 Å². The Labute approximate surface area is 162 Å². The van der Waals surface area contributed by atoms with E-state index in [9.17, 15) is 4.79 Å². The Morgan fingerprint density at radius 2 is 1.92 bits per heavy atom. The molecule has 3 aromatic rings. The van der Waals surface area contributed by atoms with Crippen molar-refractivity contribution < 1.29 is 4.79 Å². The number of hydrogen-bond acceptors (Lipinski definition) is 4. The minimum atomic E-state index is -0.188. The molecule has 0 saturated carbocycles. The molecule has 3 rings (SSSR count). The molecular formula is C20H20ClN3OS. The average molecular weight is 386 g/mol. The van der Waals surface area contributed by atoms with Gasteiger partial charge in [0.15, 0.2) is 5.13 Å². The van der Waals surface area contributed by atoms with Crippen LogP contribution < -0.4 is 10.2 Å². The Balaban J connectivity index is 1.79. The smallest absolute Gasteiger partial charge is 0.255 e. The van der Waals surface area contributed by atoms with Crippen LogP contribution in [0.4, 0.5) is 10.8 Å². The van der Waals surface area contributed by atoms with Crippen LogP contribution in [0.5, 0.6) is 0 Å². The molecule has 0 spiro atoms. The normalized spacial score (nSPS) is 10.6. The number of nitrogens with zero attached hydrogens (tertiary/aromatic N) is 2. The fourth-order valence-corrected chi connectivity index (χ4v) is 3.78. The Bertz CT molecular complexity index is 905. The molecule has 0 aliphatic carbocycles. The van der Waals surface area contributed by atoms with Gasteiger partial charge in [0, 0.05) is 40.3 Å². The number of carbonyl (C=O) groups excluding carboxylic acids is 1. The molecule has 26 heavy (non-hydrogen) atoms. The Morgan fingerprint density at radius 3 is 2.65 bits per heavy atom. The van der Waals surface area contributed by atoms with Gasteiger partial charge in [-0.05, 0) is 44.2 Å². The first kappa shape index (κ1) is 18.4. The zero-order chi connectivity index (χ0) is 18.5. The van der Waals surface area contributed by atoms with Crippen molar-refractivity contribution in [3.8, 4) is 11.3 Å². The molecule has 1 aromatic heterocycles. The summed E-state index contributed by atoms with van der Waals surface area (Å²) in [6.45, 7) is 6.10. The number of amides is 1. The van der Waals surface area contributed by atoms with Crippen LogP contribution in [0.15, 0.2) is 53.9 Å². The van der Waals surface area contributed by atoms with Crippen LogP contribution in [-0.2, 0) is 0 Å². The highest BCUT2D eigenvalue weighted by Gasteiger charge is 2.11. The van der Waals surface area contributed by atoms with Gasteiger partial charge in [0.05, 0.1) is 5.69 Å². The van der Waals surface area contributed by atoms with Crippen molar-refractivity contribution in [2.75, 3.05) is 23.3 Å². The second kappa shape index (κ2) is 8.34. The highest BCUT2D eigenvalue weighted by Crippen LogP contribution is 2.29. The van der Waals surface area contributed by atoms with Gasteiger partial charge in [0.2, 0.25) is 0 Å². The highest BCUT2D eigenvalue weighted by molar-refractivity contribution is 7.14. The predicted molar refractivity (Wildman–Crippen MR) is 111 cm³/mol. The van der Waals surface area contributed by atoms with Crippen LogP contribution in [0.3, 0.4) is 0 Å². The minimum absolute atomic E-state index is 0.188. The molecule has 0 fully saturated rings. The number of thiazole rings is 1. The highest BCUT2D eigenvalue weighted by atomic mass is 35.5. The van der Waals surface area contributed by atoms with Crippen molar-refractivity contribution in [3.63, 3.8) is 0 Å². The first-order valence-electron chi connectivity index (χ1n) is 8.48. The number of anilines is 2. The van der Waals surface area contributed by atoms with Gasteiger partial charge >= 0.3 is 0 Å². The quantitative estimate of drug-likeness (QED) is 0.604. The van der Waals surface area contributed by atoms with E-state index in [2.05, 4.69) is 24.1 Å². The zero-order valence-electron chi connectivity index (χ0n) is 14.7. The molecule has 0 atom stereocenters. The summed E-state index contributed by atoms with van der Waals surface area (Å²) in [5.74, 6) is -0.188. The van der Waals surface area contributed by atoms with Gasteiger partial charge in [-0.2, -0.15) is 0 Å². The minimum Gasteiger partial charge on any atom is -0.349 e. The first-order valence-corrected chi connectivity index (χ1v) is 9.74. The summed E-state index contributed by atoms with van der Waals surface area (Å²) in [5, 5.41) is 6.51. The number of benzene rings is 2. The molecule has 1 amide bonds. The van der Waals surface area contributed by atoms with Gasteiger partial charge in [-0.1, -0.05) is 29.8 Å². The zero-order valence-corrected chi connectivity index (χ0v) is 16.3. The largest absolute Gasteiger partial charge is 0.349 e. The summed E-state index contributed by atoms with van der Waals surface area (Å²) < 4.78 is 0. The van der Waals surface area contributed by atoms with Crippen LogP contribution in [0.25, 0.3) is 11.3 Å². The summed E-state index contributed by atoms with van der Waals surface area (Å²) in [6, 6.07) is 14.6. The molecule has 1 N–H and O–H groups in total. The third-order valence-corrected chi connectivity index (χ3v) is 5.17. The molecule has 0 bridgehead atoms. The van der Waals surface area contributed by atoms with Crippen LogP contribution >= 0.6 is 22.9 Å². The molecule has 0 aliphatic heterocycles. The van der Waals surface area contributed by atoms with Crippen molar-refractivity contribution in [2.24, 2.45) is 0 Å². The Morgan fingerprint density at radius 1 is 1.15 bits per heavy atom. The summed E-state index contributed by atoms with van der Waals surface area (Å²) >= 11 is 7.59. The van der Waals surface area contributed by atoms with E-state index in [-0.39, 0.29) is 5.91 Å². The van der Waals surface area contributed by atoms with Crippen molar-refractivity contribution >= 4 is 39.7 Å². The summed E-state index contributed by atoms with van der Waals surface area (Å²) in [5.41, 5.74) is 3.14. The van der Waals surface area contributed by atoms with E-state index in [1.165, 1.54) is 0 Å². The maximum atomic E-state index is 12.4. The van der Waals surface area contributed by atoms with E-state index in [4.69, 9.17) is 16.6 Å². The molecule has 6 heteroatoms. The van der Waals surface area contributed by atoms with E-state index in [1.54, 1.807) is 35.6 Å². The topological polar surface area (TPSA) is 45.2 Å². The molecule has 2 aromatic carbocycles. The lowest BCUT2D eigenvalue weighted by Crippen LogP contribution is -2.21. The van der Waals surface area contributed by atoms with Gasteiger partial charge in [0.1, 0.15) is 0 Å². The monoisotopic (exact) mass is 385 g/mol. The summed E-state index contributed by atoms with van der Waals surface area (Å²) in [7, 11) is 0. The average Bonchev–Trinajstić information content (AvgIpc) is 3.13. The molecule has 0 aliphatic rings. The standard InChI is InChI=1S/C20H20ClN3OS/c1-3-24(4-2)20-23-18(13-26-20)14-7-6-10-17(12-14)22-19(25)15-8-5-9-16(21)11-15/h5-13H,3-4H2,1-2H3,(H,22,25). The van der Waals surface area contributed by atoms with Gasteiger partial charge in [0.25, 0.3) is 5.91 Å². The van der Waals surface area contributed by atoms with Gasteiger partial charge in [-0.25, -0.2) is 4.98 Å². The number of halogens is 1. The third kappa shape index (κ3) is 4.23. The maximum Gasteiger partial charge on any atom is 0.255 e. The third-order valence-electron chi connectivity index (χ3n) is 4.03. The summed E-state index contributed by atoms with van der Waals surface area (Å²) in [6.07, 6.45) is 0. The van der Waals surface area contributed by atoms with Crippen molar-refractivity contribution in [2.45, 2.75) is 13.8 Å². The molecule has 0 radical (unpaired) electrons. The predicted octanol–water partition coefficient (Wildman–Crippen LogP) is 5.56. The number of carbonyl (C=O) groups is 1. The van der Waals surface area contributed by atoms with E-state index in [0.29, 0.717) is 10.6 Å². The number of aromatic nitrogens is 1. The van der Waals surface area contributed by atoms with Crippen molar-refractivity contribution in [1.29, 1.82) is 0 Å². The molecule has 4 nitrogen and oxygen atoms in total. The lowest BCUT2D eigenvalue weighted by Gasteiger charge is -2.16. The van der Waals surface area contributed by atoms with Crippen molar-refractivity contribution in [3.05, 3.63) is 64.5 Å². The van der Waals surface area contributed by atoms with Crippen LogP contribution in [0.1, 0.15) is 24.2 Å². The van der Waals surface area contributed by atoms with Crippen LogP contribution in [0, 0.1) is 0 Å². The van der Waals surface area contributed by atoms with Crippen molar-refractivity contribution in [1.82, 2.24) is 4.98 Å². The SMILES string of the molecule is CCN(CC)c1nc(-c2cccc(NC(=O)c3cccc(Cl)c3)c2)cs1. The number of hydrogen-bond donors (Lipinski definition) is 1. The van der Waals surface area contributed by atoms with Crippen LogP contribution in [0.2, 0.25) is 5.02 Å². The Kier molecular flexibility index (Phi) is 5.91. The molecule has 0 saturated heterocycles. The van der Waals surface area contributed by atoms with E-state index >= 15 is 0 Å².